The molecule has 0 N–H and O–H groups in total. The smallest absolute Gasteiger partial charge is 0.410 e. The molecule has 0 bridgehead atoms. The van der Waals surface area contributed by atoms with Crippen molar-refractivity contribution in [3.63, 3.8) is 0 Å². The SMILES string of the molecule is COCN(Sc1cc(F)ccc1F)c1cccc(-c2nc(C3CCN(C(=O)OCc4ccccc4)CC3)sc2-c2ccnc(Cl)c2)c1F. The van der Waals surface area contributed by atoms with Gasteiger partial charge in [-0.1, -0.05) is 48.0 Å². The number of anilines is 1. The first-order valence-corrected chi connectivity index (χ1v) is 17.0. The van der Waals surface area contributed by atoms with Gasteiger partial charge in [0.2, 0.25) is 0 Å². The van der Waals surface area contributed by atoms with Crippen LogP contribution in [0.2, 0.25) is 5.15 Å². The summed E-state index contributed by atoms with van der Waals surface area (Å²) in [5.41, 5.74) is 2.40. The van der Waals surface area contributed by atoms with Crippen LogP contribution in [0.25, 0.3) is 21.7 Å². The summed E-state index contributed by atoms with van der Waals surface area (Å²) in [5, 5.41) is 1.09. The van der Waals surface area contributed by atoms with Crippen LogP contribution in [0.15, 0.2) is 90.0 Å². The number of thiazole rings is 1. The van der Waals surface area contributed by atoms with Gasteiger partial charge in [0.1, 0.15) is 30.1 Å². The second kappa shape index (κ2) is 15.4. The molecule has 1 aliphatic heterocycles. The van der Waals surface area contributed by atoms with Crippen molar-refractivity contribution < 1.29 is 27.4 Å². The standard InChI is InChI=1S/C35H30ClF3N4O3S2/c1-45-21-43(48-29-19-25(37)10-11-27(29)38)28-9-5-8-26(31(28)39)32-33(24-12-15-40-30(36)18-24)47-34(41-32)23-13-16-42(17-14-23)35(44)46-20-22-6-3-2-4-7-22/h2-12,15,18-19,23H,13-14,16-17,20-21H2,1H3. The first-order chi connectivity index (χ1) is 23.3. The van der Waals surface area contributed by atoms with E-state index in [9.17, 15) is 13.6 Å². The monoisotopic (exact) mass is 710 g/mol. The molecule has 0 saturated carbocycles. The number of methoxy groups -OCH3 is 1. The minimum atomic E-state index is -0.643. The predicted molar refractivity (Wildman–Crippen MR) is 182 cm³/mol. The third-order valence-corrected chi connectivity index (χ3v) is 10.3. The molecular weight excluding hydrogens is 681 g/mol. The molecule has 13 heteroatoms. The Kier molecular flexibility index (Phi) is 10.9. The third-order valence-electron chi connectivity index (χ3n) is 7.79. The Labute approximate surface area is 289 Å². The summed E-state index contributed by atoms with van der Waals surface area (Å²) in [4.78, 5) is 24.2. The number of hydrogen-bond acceptors (Lipinski definition) is 8. The number of nitrogens with zero attached hydrogens (tertiary/aromatic N) is 4. The lowest BCUT2D eigenvalue weighted by Crippen LogP contribution is -2.38. The van der Waals surface area contributed by atoms with Crippen LogP contribution in [0.4, 0.5) is 23.7 Å². The van der Waals surface area contributed by atoms with Gasteiger partial charge in [0.25, 0.3) is 0 Å². The van der Waals surface area contributed by atoms with Gasteiger partial charge in [0.15, 0.2) is 5.82 Å². The molecule has 1 aliphatic rings. The average molecular weight is 711 g/mol. The fourth-order valence-corrected chi connectivity index (χ4v) is 7.75. The minimum absolute atomic E-state index is 0.0183. The summed E-state index contributed by atoms with van der Waals surface area (Å²) in [6.07, 6.45) is 2.53. The maximum absolute atomic E-state index is 16.6. The molecule has 1 amide bonds. The molecule has 1 fully saturated rings. The molecule has 3 aromatic carbocycles. The Morgan fingerprint density at radius 3 is 2.58 bits per heavy atom. The number of pyridine rings is 1. The second-order valence-corrected chi connectivity index (χ2v) is 13.5. The number of carbonyl (C=O) groups excluding carboxylic acids is 1. The third kappa shape index (κ3) is 7.78. The van der Waals surface area contributed by atoms with Gasteiger partial charge < -0.3 is 14.4 Å². The first kappa shape index (κ1) is 33.8. The highest BCUT2D eigenvalue weighted by Gasteiger charge is 2.30. The van der Waals surface area contributed by atoms with Crippen molar-refractivity contribution in [3.05, 3.63) is 118 Å². The van der Waals surface area contributed by atoms with E-state index in [0.717, 1.165) is 46.3 Å². The van der Waals surface area contributed by atoms with Crippen LogP contribution >= 0.6 is 34.9 Å². The number of halogens is 4. The zero-order valence-corrected chi connectivity index (χ0v) is 28.1. The van der Waals surface area contributed by atoms with Gasteiger partial charge in [-0.05, 0) is 78.4 Å². The molecule has 2 aromatic heterocycles. The number of ether oxygens (including phenoxy) is 2. The van der Waals surface area contributed by atoms with Crippen molar-refractivity contribution in [2.45, 2.75) is 30.3 Å². The number of aromatic nitrogens is 2. The molecule has 0 radical (unpaired) electrons. The van der Waals surface area contributed by atoms with Crippen molar-refractivity contribution in [3.8, 4) is 21.7 Å². The maximum atomic E-state index is 16.6. The van der Waals surface area contributed by atoms with Crippen LogP contribution < -0.4 is 4.31 Å². The number of hydrogen-bond donors (Lipinski definition) is 0. The lowest BCUT2D eigenvalue weighted by molar-refractivity contribution is 0.0870. The number of piperidine rings is 1. The van der Waals surface area contributed by atoms with E-state index >= 15 is 4.39 Å². The van der Waals surface area contributed by atoms with E-state index in [4.69, 9.17) is 26.1 Å². The molecular formula is C35H30ClF3N4O3S2. The topological polar surface area (TPSA) is 67.8 Å². The highest BCUT2D eigenvalue weighted by molar-refractivity contribution is 8.00. The van der Waals surface area contributed by atoms with E-state index < -0.39 is 17.5 Å². The van der Waals surface area contributed by atoms with Crippen LogP contribution in [0.1, 0.15) is 29.3 Å². The molecule has 5 aromatic rings. The Morgan fingerprint density at radius 1 is 1.04 bits per heavy atom. The average Bonchev–Trinajstić information content (AvgIpc) is 3.55. The van der Waals surface area contributed by atoms with Crippen molar-refractivity contribution in [1.29, 1.82) is 0 Å². The molecule has 48 heavy (non-hydrogen) atoms. The van der Waals surface area contributed by atoms with Crippen LogP contribution in [0, 0.1) is 17.5 Å². The largest absolute Gasteiger partial charge is 0.445 e. The summed E-state index contributed by atoms with van der Waals surface area (Å²) in [5.74, 6) is -1.83. The minimum Gasteiger partial charge on any atom is -0.445 e. The molecule has 248 valence electrons. The van der Waals surface area contributed by atoms with Crippen molar-refractivity contribution in [2.24, 2.45) is 0 Å². The van der Waals surface area contributed by atoms with Crippen LogP contribution in [-0.2, 0) is 16.1 Å². The summed E-state index contributed by atoms with van der Waals surface area (Å²) in [6.45, 7) is 1.08. The number of benzene rings is 3. The number of amides is 1. The van der Waals surface area contributed by atoms with E-state index in [1.165, 1.54) is 22.8 Å². The Hall–Kier alpha value is -4.10. The first-order valence-electron chi connectivity index (χ1n) is 15.1. The molecule has 6 rings (SSSR count). The van der Waals surface area contributed by atoms with Gasteiger partial charge in [-0.15, -0.1) is 11.3 Å². The molecule has 0 unspecified atom stereocenters. The lowest BCUT2D eigenvalue weighted by atomic mass is 9.97. The zero-order valence-electron chi connectivity index (χ0n) is 25.7. The number of rotatable bonds is 10. The van der Waals surface area contributed by atoms with Crippen molar-refractivity contribution in [1.82, 2.24) is 14.9 Å². The maximum Gasteiger partial charge on any atom is 0.410 e. The normalized spacial score (nSPS) is 13.5. The van der Waals surface area contributed by atoms with E-state index in [1.54, 1.807) is 41.4 Å². The van der Waals surface area contributed by atoms with Crippen LogP contribution in [0.5, 0.6) is 0 Å². The van der Waals surface area contributed by atoms with E-state index in [2.05, 4.69) is 4.98 Å². The van der Waals surface area contributed by atoms with Gasteiger partial charge in [0, 0.05) is 37.9 Å². The van der Waals surface area contributed by atoms with Gasteiger partial charge in [-0.25, -0.2) is 27.9 Å². The molecule has 1 saturated heterocycles. The Morgan fingerprint density at radius 2 is 1.83 bits per heavy atom. The molecule has 3 heterocycles. The zero-order chi connectivity index (χ0) is 33.6. The van der Waals surface area contributed by atoms with Crippen LogP contribution in [0.3, 0.4) is 0 Å². The predicted octanol–water partition coefficient (Wildman–Crippen LogP) is 9.58. The number of carbonyl (C=O) groups is 1. The van der Waals surface area contributed by atoms with Gasteiger partial charge >= 0.3 is 6.09 Å². The fraction of sp³-hybridized carbons (Fsp3) is 0.229. The lowest BCUT2D eigenvalue weighted by Gasteiger charge is -2.30. The van der Waals surface area contributed by atoms with Crippen molar-refractivity contribution in [2.75, 3.05) is 31.2 Å². The second-order valence-electron chi connectivity index (χ2n) is 11.0. The summed E-state index contributed by atoms with van der Waals surface area (Å²) >= 11 is 8.54. The van der Waals surface area contributed by atoms with Gasteiger partial charge in [-0.3, -0.25) is 4.31 Å². The fourth-order valence-electron chi connectivity index (χ4n) is 5.38. The van der Waals surface area contributed by atoms with Gasteiger partial charge in [-0.2, -0.15) is 0 Å². The van der Waals surface area contributed by atoms with Crippen LogP contribution in [-0.4, -0.2) is 47.9 Å². The highest BCUT2D eigenvalue weighted by Crippen LogP contribution is 2.44. The number of likely N-dealkylation sites (tertiary alicyclic amines) is 1. The molecule has 0 aliphatic carbocycles. The molecule has 0 spiro atoms. The molecule has 7 nitrogen and oxygen atoms in total. The Bertz CT molecular complexity index is 1890. The van der Waals surface area contributed by atoms with Gasteiger partial charge in [0.05, 0.1) is 26.2 Å². The Balaban J connectivity index is 1.28. The highest BCUT2D eigenvalue weighted by atomic mass is 35.5. The van der Waals surface area contributed by atoms with E-state index in [-0.39, 0.29) is 46.6 Å². The van der Waals surface area contributed by atoms with E-state index in [0.29, 0.717) is 36.5 Å². The summed E-state index contributed by atoms with van der Waals surface area (Å²) in [6, 6.07) is 21.0. The summed E-state index contributed by atoms with van der Waals surface area (Å²) in [7, 11) is 1.43. The quantitative estimate of drug-likeness (QED) is 0.0813. The molecule has 0 atom stereocenters. The summed E-state index contributed by atoms with van der Waals surface area (Å²) < 4.78 is 57.3. The van der Waals surface area contributed by atoms with E-state index in [1.807, 2.05) is 30.3 Å². The van der Waals surface area contributed by atoms with Crippen molar-refractivity contribution >= 4 is 46.7 Å².